The molecular weight excluding hydrogens is 228 g/mol. The third kappa shape index (κ3) is 6.45. The van der Waals surface area contributed by atoms with Gasteiger partial charge in [-0.15, -0.1) is 0 Å². The molecule has 0 bridgehead atoms. The minimum Gasteiger partial charge on any atom is -0.392 e. The zero-order valence-corrected chi connectivity index (χ0v) is 11.0. The Morgan fingerprint density at radius 2 is 1.62 bits per heavy atom. The maximum atomic E-state index is 11.0. The fraction of sp³-hybridized carbons (Fsp3) is 1.00. The lowest BCUT2D eigenvalue weighted by Gasteiger charge is -2.19. The maximum Gasteiger partial charge on any atom is 0.270 e. The van der Waals surface area contributed by atoms with Gasteiger partial charge in [0.2, 0.25) is 0 Å². The van der Waals surface area contributed by atoms with E-state index >= 15 is 0 Å². The topological polar surface area (TPSA) is 74.6 Å². The Bertz CT molecular complexity index is 261. The van der Waals surface area contributed by atoms with Crippen LogP contribution in [0, 0.1) is 0 Å². The molecule has 0 aromatic heterocycles. The van der Waals surface area contributed by atoms with Crippen molar-refractivity contribution in [1.82, 2.24) is 0 Å². The number of hydrogen-bond acceptors (Lipinski definition) is 3. The molecule has 0 fully saturated rings. The van der Waals surface area contributed by atoms with Gasteiger partial charge >= 0.3 is 0 Å². The van der Waals surface area contributed by atoms with E-state index in [4.69, 9.17) is 4.55 Å². The van der Waals surface area contributed by atoms with E-state index in [0.717, 1.165) is 25.7 Å². The molecule has 0 aromatic rings. The van der Waals surface area contributed by atoms with E-state index < -0.39 is 21.5 Å². The second-order valence-electron chi connectivity index (χ2n) is 4.26. The first kappa shape index (κ1) is 15.9. The van der Waals surface area contributed by atoms with Crippen LogP contribution in [0.15, 0.2) is 0 Å². The van der Waals surface area contributed by atoms with Crippen LogP contribution in [-0.2, 0) is 10.1 Å². The molecule has 0 aliphatic heterocycles. The molecule has 2 unspecified atom stereocenters. The largest absolute Gasteiger partial charge is 0.392 e. The molecular formula is C11H24O4S. The fourth-order valence-electron chi connectivity index (χ4n) is 1.79. The SMILES string of the molecule is CCCCCCC(O)C(CCC)S(=O)(=O)O. The molecule has 0 radical (unpaired) electrons. The zero-order valence-electron chi connectivity index (χ0n) is 10.2. The van der Waals surface area contributed by atoms with Crippen LogP contribution < -0.4 is 0 Å². The minimum atomic E-state index is -4.12. The van der Waals surface area contributed by atoms with Crippen molar-refractivity contribution in [2.24, 2.45) is 0 Å². The Kier molecular flexibility index (Phi) is 7.97. The zero-order chi connectivity index (χ0) is 12.6. The highest BCUT2D eigenvalue weighted by Crippen LogP contribution is 2.17. The first-order valence-electron chi connectivity index (χ1n) is 6.07. The van der Waals surface area contributed by atoms with Crippen molar-refractivity contribution in [2.75, 3.05) is 0 Å². The van der Waals surface area contributed by atoms with Crippen molar-refractivity contribution >= 4 is 10.1 Å². The predicted molar refractivity (Wildman–Crippen MR) is 65.0 cm³/mol. The van der Waals surface area contributed by atoms with Gasteiger partial charge in [-0.1, -0.05) is 46.0 Å². The van der Waals surface area contributed by atoms with Crippen LogP contribution in [0.5, 0.6) is 0 Å². The summed E-state index contributed by atoms with van der Waals surface area (Å²) in [6.45, 7) is 3.93. The van der Waals surface area contributed by atoms with E-state index in [9.17, 15) is 13.5 Å². The summed E-state index contributed by atoms with van der Waals surface area (Å²) in [5.41, 5.74) is 0. The van der Waals surface area contributed by atoms with Crippen molar-refractivity contribution in [3.63, 3.8) is 0 Å². The molecule has 98 valence electrons. The van der Waals surface area contributed by atoms with Gasteiger partial charge in [0.05, 0.1) is 6.10 Å². The van der Waals surface area contributed by atoms with E-state index in [1.54, 1.807) is 0 Å². The standard InChI is InChI=1S/C11H24O4S/c1-3-5-6-7-9-10(12)11(8-4-2)16(13,14)15/h10-12H,3-9H2,1-2H3,(H,13,14,15). The van der Waals surface area contributed by atoms with Gasteiger partial charge in [-0.2, -0.15) is 8.42 Å². The molecule has 0 aromatic carbocycles. The van der Waals surface area contributed by atoms with Crippen molar-refractivity contribution in [1.29, 1.82) is 0 Å². The molecule has 16 heavy (non-hydrogen) atoms. The van der Waals surface area contributed by atoms with Gasteiger partial charge in [0, 0.05) is 0 Å². The van der Waals surface area contributed by atoms with Crippen molar-refractivity contribution in [2.45, 2.75) is 70.1 Å². The van der Waals surface area contributed by atoms with E-state index in [1.165, 1.54) is 0 Å². The van der Waals surface area contributed by atoms with Crippen LogP contribution >= 0.6 is 0 Å². The third-order valence-corrected chi connectivity index (χ3v) is 4.05. The predicted octanol–water partition coefficient (Wildman–Crippen LogP) is 2.37. The quantitative estimate of drug-likeness (QED) is 0.488. The van der Waals surface area contributed by atoms with E-state index in [-0.39, 0.29) is 0 Å². The average molecular weight is 252 g/mol. The van der Waals surface area contributed by atoms with Gasteiger partial charge < -0.3 is 5.11 Å². The molecule has 0 heterocycles. The second-order valence-corrected chi connectivity index (χ2v) is 5.89. The smallest absolute Gasteiger partial charge is 0.270 e. The summed E-state index contributed by atoms with van der Waals surface area (Å²) in [5, 5.41) is 8.72. The van der Waals surface area contributed by atoms with Crippen molar-refractivity contribution in [3.05, 3.63) is 0 Å². The summed E-state index contributed by atoms with van der Waals surface area (Å²) in [6, 6.07) is 0. The second kappa shape index (κ2) is 8.03. The summed E-state index contributed by atoms with van der Waals surface area (Å²) in [4.78, 5) is 0. The molecule has 2 N–H and O–H groups in total. The van der Waals surface area contributed by atoms with Gasteiger partial charge in [-0.3, -0.25) is 4.55 Å². The highest BCUT2D eigenvalue weighted by atomic mass is 32.2. The highest BCUT2D eigenvalue weighted by Gasteiger charge is 2.29. The first-order chi connectivity index (χ1) is 7.43. The molecule has 0 spiro atoms. The van der Waals surface area contributed by atoms with E-state index in [2.05, 4.69) is 6.92 Å². The molecule has 0 aliphatic carbocycles. The van der Waals surface area contributed by atoms with Crippen LogP contribution in [0.3, 0.4) is 0 Å². The number of rotatable bonds is 9. The molecule has 5 heteroatoms. The van der Waals surface area contributed by atoms with Gasteiger partial charge in [-0.25, -0.2) is 0 Å². The van der Waals surface area contributed by atoms with Gasteiger partial charge in [-0.05, 0) is 12.8 Å². The Hall–Kier alpha value is -0.130. The lowest BCUT2D eigenvalue weighted by Crippen LogP contribution is -2.33. The molecule has 0 saturated heterocycles. The number of unbranched alkanes of at least 4 members (excludes halogenated alkanes) is 3. The molecule has 2 atom stereocenters. The fourth-order valence-corrected chi connectivity index (χ4v) is 2.86. The highest BCUT2D eigenvalue weighted by molar-refractivity contribution is 7.86. The molecule has 4 nitrogen and oxygen atoms in total. The lowest BCUT2D eigenvalue weighted by molar-refractivity contribution is 0.147. The number of hydrogen-bond donors (Lipinski definition) is 2. The normalized spacial score (nSPS) is 16.0. The average Bonchev–Trinajstić information content (AvgIpc) is 2.19. The van der Waals surface area contributed by atoms with Crippen LogP contribution in [0.4, 0.5) is 0 Å². The first-order valence-corrected chi connectivity index (χ1v) is 7.58. The summed E-state index contributed by atoms with van der Waals surface area (Å²) < 4.78 is 31.1. The minimum absolute atomic E-state index is 0.313. The van der Waals surface area contributed by atoms with Crippen LogP contribution in [0.25, 0.3) is 0 Å². The molecule has 0 aliphatic rings. The monoisotopic (exact) mass is 252 g/mol. The van der Waals surface area contributed by atoms with Crippen LogP contribution in [0.2, 0.25) is 0 Å². The lowest BCUT2D eigenvalue weighted by atomic mass is 10.0. The Morgan fingerprint density at radius 1 is 1.00 bits per heavy atom. The summed E-state index contributed by atoms with van der Waals surface area (Å²) >= 11 is 0. The van der Waals surface area contributed by atoms with Gasteiger partial charge in [0.25, 0.3) is 10.1 Å². The Morgan fingerprint density at radius 3 is 2.06 bits per heavy atom. The molecule has 0 amide bonds. The molecule has 0 rings (SSSR count). The maximum absolute atomic E-state index is 11.0. The summed E-state index contributed by atoms with van der Waals surface area (Å²) in [6.07, 6.45) is 4.47. The Labute approximate surface area is 98.8 Å². The van der Waals surface area contributed by atoms with E-state index in [0.29, 0.717) is 19.3 Å². The van der Waals surface area contributed by atoms with Crippen LogP contribution in [0.1, 0.15) is 58.8 Å². The van der Waals surface area contributed by atoms with Crippen molar-refractivity contribution in [3.8, 4) is 0 Å². The molecule has 0 saturated carbocycles. The third-order valence-electron chi connectivity index (χ3n) is 2.74. The number of aliphatic hydroxyl groups excluding tert-OH is 1. The Balaban J connectivity index is 4.13. The van der Waals surface area contributed by atoms with Gasteiger partial charge in [0.15, 0.2) is 0 Å². The van der Waals surface area contributed by atoms with E-state index in [1.807, 2.05) is 6.92 Å². The van der Waals surface area contributed by atoms with Crippen LogP contribution in [-0.4, -0.2) is 29.4 Å². The van der Waals surface area contributed by atoms with Crippen molar-refractivity contribution < 1.29 is 18.1 Å². The number of aliphatic hydroxyl groups is 1. The van der Waals surface area contributed by atoms with Gasteiger partial charge in [0.1, 0.15) is 5.25 Å². The summed E-state index contributed by atoms with van der Waals surface area (Å²) in [5.74, 6) is 0. The summed E-state index contributed by atoms with van der Waals surface area (Å²) in [7, 11) is -4.12.